The number of hydrogen-bond donors (Lipinski definition) is 4. The molecule has 0 aliphatic rings. The van der Waals surface area contributed by atoms with E-state index in [9.17, 15) is 19.5 Å². The number of amides is 3. The van der Waals surface area contributed by atoms with E-state index < -0.39 is 18.1 Å². The van der Waals surface area contributed by atoms with Gasteiger partial charge in [0.05, 0.1) is 15.8 Å². The van der Waals surface area contributed by atoms with E-state index in [0.29, 0.717) is 50.7 Å². The minimum absolute atomic E-state index is 0.0780. The van der Waals surface area contributed by atoms with Crippen molar-refractivity contribution in [2.45, 2.75) is 25.4 Å². The van der Waals surface area contributed by atoms with Crippen LogP contribution in [-0.2, 0) is 9.53 Å². The maximum Gasteiger partial charge on any atom is 0.414 e. The Bertz CT molecular complexity index is 1300. The predicted molar refractivity (Wildman–Crippen MR) is 149 cm³/mol. The summed E-state index contributed by atoms with van der Waals surface area (Å²) in [5.41, 5.74) is 7.50. The van der Waals surface area contributed by atoms with Crippen LogP contribution in [0.15, 0.2) is 87.8 Å². The molecule has 0 aliphatic heterocycles. The molecule has 0 radical (unpaired) electrons. The molecular formula is C27H25Br2N3O5. The average Bonchev–Trinajstić information content (AvgIpc) is 2.87. The van der Waals surface area contributed by atoms with Gasteiger partial charge in [-0.1, -0.05) is 52.3 Å². The summed E-state index contributed by atoms with van der Waals surface area (Å²) in [7, 11) is 0. The number of phenols is 1. The van der Waals surface area contributed by atoms with Crippen molar-refractivity contribution < 1.29 is 24.2 Å². The summed E-state index contributed by atoms with van der Waals surface area (Å²) in [4.78, 5) is 37.0. The van der Waals surface area contributed by atoms with Crippen LogP contribution in [0.2, 0.25) is 0 Å². The summed E-state index contributed by atoms with van der Waals surface area (Å²) in [6.45, 7) is 0. The number of imide groups is 1. The lowest BCUT2D eigenvalue weighted by molar-refractivity contribution is -0.111. The first-order chi connectivity index (χ1) is 17.7. The first-order valence-electron chi connectivity index (χ1n) is 11.3. The number of unbranched alkanes of at least 4 members (excludes halogenated alkanes) is 1. The summed E-state index contributed by atoms with van der Waals surface area (Å²) in [5.74, 6) is -0.999. The minimum atomic E-state index is -0.940. The number of para-hydroxylation sites is 2. The number of halogens is 2. The highest BCUT2D eigenvalue weighted by molar-refractivity contribution is 9.11. The molecule has 1 atom stereocenters. The molecule has 0 saturated carbocycles. The molecule has 0 saturated heterocycles. The lowest BCUT2D eigenvalue weighted by Gasteiger charge is -2.20. The van der Waals surface area contributed by atoms with Gasteiger partial charge in [0.25, 0.3) is 5.91 Å². The third-order valence-electron chi connectivity index (χ3n) is 5.23. The zero-order valence-electron chi connectivity index (χ0n) is 19.6. The van der Waals surface area contributed by atoms with Gasteiger partial charge in [-0.15, -0.1) is 0 Å². The van der Waals surface area contributed by atoms with Gasteiger partial charge in [-0.05, 0) is 77.7 Å². The highest BCUT2D eigenvalue weighted by Crippen LogP contribution is 2.38. The average molecular weight is 631 g/mol. The van der Waals surface area contributed by atoms with Gasteiger partial charge in [0.15, 0.2) is 0 Å². The summed E-state index contributed by atoms with van der Waals surface area (Å²) >= 11 is 6.67. The molecule has 3 amide bonds. The number of nitrogens with two attached hydrogens (primary N) is 1. The van der Waals surface area contributed by atoms with Gasteiger partial charge in [-0.25, -0.2) is 4.79 Å². The number of anilines is 2. The number of nitrogen functional groups attached to an aromatic ring is 1. The van der Waals surface area contributed by atoms with Crippen molar-refractivity contribution in [3.63, 3.8) is 0 Å². The predicted octanol–water partition coefficient (Wildman–Crippen LogP) is 6.47. The molecule has 8 nitrogen and oxygen atoms in total. The van der Waals surface area contributed by atoms with Crippen LogP contribution in [0.4, 0.5) is 16.2 Å². The number of alkyl carbamates (subject to hydrolysis) is 1. The normalized spacial score (nSPS) is 11.6. The Hall–Kier alpha value is -3.63. The molecule has 0 aliphatic carbocycles. The second-order valence-electron chi connectivity index (χ2n) is 7.95. The number of allylic oxidation sites excluding steroid dienone is 1. The summed E-state index contributed by atoms with van der Waals surface area (Å²) in [6.07, 6.45) is 2.64. The fraction of sp³-hybridized carbons (Fsp3) is 0.148. The van der Waals surface area contributed by atoms with Crippen LogP contribution in [0.5, 0.6) is 5.75 Å². The zero-order chi connectivity index (χ0) is 26.8. The topological polar surface area (TPSA) is 131 Å². The molecule has 0 aromatic heterocycles. The third kappa shape index (κ3) is 8.47. The van der Waals surface area contributed by atoms with Crippen LogP contribution < -0.4 is 16.4 Å². The Morgan fingerprint density at radius 3 is 2.46 bits per heavy atom. The second-order valence-corrected chi connectivity index (χ2v) is 9.72. The number of nitrogens with one attached hydrogen (secondary N) is 2. The van der Waals surface area contributed by atoms with Crippen molar-refractivity contribution in [1.29, 1.82) is 0 Å². The molecule has 0 fully saturated rings. The lowest BCUT2D eigenvalue weighted by Crippen LogP contribution is -2.32. The molecule has 0 heterocycles. The van der Waals surface area contributed by atoms with E-state index in [1.165, 1.54) is 6.08 Å². The Kier molecular flexibility index (Phi) is 10.3. The Labute approximate surface area is 231 Å². The first kappa shape index (κ1) is 27.9. The van der Waals surface area contributed by atoms with Crippen molar-refractivity contribution in [3.8, 4) is 5.75 Å². The van der Waals surface area contributed by atoms with Crippen LogP contribution in [0.3, 0.4) is 0 Å². The van der Waals surface area contributed by atoms with Crippen LogP contribution in [0, 0.1) is 0 Å². The summed E-state index contributed by atoms with van der Waals surface area (Å²) in [5, 5.41) is 15.5. The van der Waals surface area contributed by atoms with Gasteiger partial charge in [-0.3, -0.25) is 14.9 Å². The van der Waals surface area contributed by atoms with Gasteiger partial charge < -0.3 is 20.9 Å². The van der Waals surface area contributed by atoms with E-state index >= 15 is 0 Å². The molecule has 0 spiro atoms. The van der Waals surface area contributed by atoms with Crippen LogP contribution in [-0.4, -0.2) is 23.0 Å². The Morgan fingerprint density at radius 1 is 1.03 bits per heavy atom. The molecule has 0 unspecified atom stereocenters. The van der Waals surface area contributed by atoms with E-state index in [1.807, 2.05) is 0 Å². The Balaban J connectivity index is 1.63. The van der Waals surface area contributed by atoms with Crippen molar-refractivity contribution in [2.75, 3.05) is 11.1 Å². The molecule has 5 N–H and O–H groups in total. The number of benzene rings is 3. The number of carbonyl (C=O) groups excluding carboxylic acids is 3. The van der Waals surface area contributed by atoms with Gasteiger partial charge in [0.1, 0.15) is 11.9 Å². The smallest absolute Gasteiger partial charge is 0.414 e. The molecule has 3 aromatic carbocycles. The van der Waals surface area contributed by atoms with E-state index in [2.05, 4.69) is 42.5 Å². The summed E-state index contributed by atoms with van der Waals surface area (Å²) < 4.78 is 6.63. The van der Waals surface area contributed by atoms with E-state index in [4.69, 9.17) is 10.5 Å². The van der Waals surface area contributed by atoms with Crippen LogP contribution in [0.25, 0.3) is 0 Å². The molecule has 0 bridgehead atoms. The minimum Gasteiger partial charge on any atom is -0.506 e. The lowest BCUT2D eigenvalue weighted by atomic mass is 10.0. The Morgan fingerprint density at radius 2 is 1.73 bits per heavy atom. The van der Waals surface area contributed by atoms with Crippen molar-refractivity contribution in [2.24, 2.45) is 0 Å². The molecule has 3 rings (SSSR count). The number of phenolic OH excluding ortho intramolecular Hbond substituents is 1. The standard InChI is InChI=1S/C27H25Br2N3O5/c28-18-15-19(25(34)20(29)16-18)23(37-27(36)32-26(35)17-9-3-1-4-10-17)13-5-2-6-14-24(33)31-22-12-8-7-11-21(22)30/h1,3-4,6-12,14-16,23,34H,2,5,13,30H2,(H,31,33)(H,32,35,36)/b14-6+/t23-/m0/s1. The van der Waals surface area contributed by atoms with Crippen molar-refractivity contribution in [1.82, 2.24) is 5.32 Å². The monoisotopic (exact) mass is 629 g/mol. The SMILES string of the molecule is Nc1ccccc1NC(=O)/C=C/CCC[C@H](OC(=O)NC(=O)c1ccccc1)c1cc(Br)cc(Br)c1O. The van der Waals surface area contributed by atoms with Gasteiger partial charge in [-0.2, -0.15) is 0 Å². The maximum atomic E-state index is 12.5. The quantitative estimate of drug-likeness (QED) is 0.122. The molecule has 37 heavy (non-hydrogen) atoms. The van der Waals surface area contributed by atoms with Gasteiger partial charge >= 0.3 is 6.09 Å². The fourth-order valence-corrected chi connectivity index (χ4v) is 4.68. The van der Waals surface area contributed by atoms with Crippen LogP contribution >= 0.6 is 31.9 Å². The molecular weight excluding hydrogens is 606 g/mol. The van der Waals surface area contributed by atoms with E-state index in [0.717, 1.165) is 0 Å². The highest BCUT2D eigenvalue weighted by Gasteiger charge is 2.23. The number of rotatable bonds is 9. The van der Waals surface area contributed by atoms with Gasteiger partial charge in [0, 0.05) is 15.6 Å². The largest absolute Gasteiger partial charge is 0.506 e. The first-order valence-corrected chi connectivity index (χ1v) is 12.9. The maximum absolute atomic E-state index is 12.5. The molecule has 192 valence electrons. The zero-order valence-corrected chi connectivity index (χ0v) is 22.8. The van der Waals surface area contributed by atoms with E-state index in [1.54, 1.807) is 72.8 Å². The fourth-order valence-electron chi connectivity index (χ4n) is 3.42. The molecule has 3 aromatic rings. The number of ether oxygens (including phenoxy) is 1. The number of carbonyl (C=O) groups is 3. The van der Waals surface area contributed by atoms with E-state index in [-0.39, 0.29) is 11.7 Å². The van der Waals surface area contributed by atoms with Crippen molar-refractivity contribution in [3.05, 3.63) is 99.0 Å². The highest BCUT2D eigenvalue weighted by atomic mass is 79.9. The third-order valence-corrected chi connectivity index (χ3v) is 6.29. The van der Waals surface area contributed by atoms with Crippen molar-refractivity contribution >= 4 is 61.1 Å². The summed E-state index contributed by atoms with van der Waals surface area (Å²) in [6, 6.07) is 18.5. The number of aromatic hydroxyl groups is 1. The van der Waals surface area contributed by atoms with Crippen LogP contribution in [0.1, 0.15) is 41.3 Å². The van der Waals surface area contributed by atoms with Gasteiger partial charge in [0.2, 0.25) is 5.91 Å². The number of hydrogen-bond acceptors (Lipinski definition) is 6. The second kappa shape index (κ2) is 13.6. The molecule has 10 heteroatoms.